The molecule has 2 bridgehead atoms. The van der Waals surface area contributed by atoms with Gasteiger partial charge in [-0.15, -0.1) is 0 Å². The van der Waals surface area contributed by atoms with Crippen molar-refractivity contribution in [2.45, 2.75) is 44.8 Å². The second-order valence-electron chi connectivity index (χ2n) is 5.97. The van der Waals surface area contributed by atoms with E-state index in [1.165, 1.54) is 19.3 Å². The molecule has 3 rings (SSSR count). The van der Waals surface area contributed by atoms with Gasteiger partial charge in [0.05, 0.1) is 12.5 Å². The van der Waals surface area contributed by atoms with Crippen molar-refractivity contribution in [3.63, 3.8) is 0 Å². The van der Waals surface area contributed by atoms with Gasteiger partial charge in [0.25, 0.3) is 0 Å². The first kappa shape index (κ1) is 9.89. The summed E-state index contributed by atoms with van der Waals surface area (Å²) in [6, 6.07) is 0. The van der Waals surface area contributed by atoms with E-state index in [-0.39, 0.29) is 0 Å². The number of hydrogen-bond acceptors (Lipinski definition) is 0. The van der Waals surface area contributed by atoms with Gasteiger partial charge in [-0.3, -0.25) is 0 Å². The molecule has 3 saturated carbocycles. The fourth-order valence-electron chi connectivity index (χ4n) is 3.67. The van der Waals surface area contributed by atoms with Crippen molar-refractivity contribution in [1.82, 2.24) is 0 Å². The minimum Gasteiger partial charge on any atom is -0.0592 e. The molecule has 0 nitrogen and oxygen atoms in total. The molecule has 0 spiro atoms. The van der Waals surface area contributed by atoms with E-state index >= 15 is 0 Å². The highest BCUT2D eigenvalue weighted by molar-refractivity contribution is 7.96. The average molecular weight is 199 g/mol. The van der Waals surface area contributed by atoms with Crippen LogP contribution in [0.3, 0.4) is 0 Å². The van der Waals surface area contributed by atoms with E-state index in [0.29, 0.717) is 21.1 Å². The molecule has 3 aliphatic carbocycles. The van der Waals surface area contributed by atoms with Crippen molar-refractivity contribution in [3.05, 3.63) is 0 Å². The molecule has 0 aromatic carbocycles. The molecule has 3 fully saturated rings. The van der Waals surface area contributed by atoms with Crippen LogP contribution in [0, 0.1) is 17.3 Å². The Kier molecular flexibility index (Phi) is 2.04. The Bertz CT molecular complexity index is 217. The Labute approximate surface area is 85.8 Å². The van der Waals surface area contributed by atoms with E-state index in [9.17, 15) is 0 Å². The lowest BCUT2D eigenvalue weighted by Gasteiger charge is -2.62. The normalized spacial score (nSPS) is 47.5. The molecular formula is C12H23S+. The summed E-state index contributed by atoms with van der Waals surface area (Å²) in [6.07, 6.45) is 9.38. The van der Waals surface area contributed by atoms with Crippen LogP contribution in [0.25, 0.3) is 0 Å². The van der Waals surface area contributed by atoms with Crippen LogP contribution in [0.15, 0.2) is 0 Å². The van der Waals surface area contributed by atoms with Gasteiger partial charge in [-0.2, -0.15) is 0 Å². The second-order valence-corrected chi connectivity index (χ2v) is 8.54. The molecule has 0 radical (unpaired) electrons. The summed E-state index contributed by atoms with van der Waals surface area (Å²) >= 11 is 0. The third kappa shape index (κ3) is 1.12. The fourth-order valence-corrected chi connectivity index (χ4v) is 5.16. The molecule has 3 aliphatic rings. The minimum absolute atomic E-state index is 0.594. The van der Waals surface area contributed by atoms with Crippen LogP contribution in [-0.4, -0.2) is 17.3 Å². The van der Waals surface area contributed by atoms with Crippen molar-refractivity contribution in [2.24, 2.45) is 17.3 Å². The van der Waals surface area contributed by atoms with Crippen LogP contribution >= 0.6 is 0 Å². The average Bonchev–Trinajstić information content (AvgIpc) is 2.03. The van der Waals surface area contributed by atoms with E-state index in [1.54, 1.807) is 0 Å². The van der Waals surface area contributed by atoms with Gasteiger partial charge in [-0.05, 0) is 48.4 Å². The van der Waals surface area contributed by atoms with Crippen LogP contribution in [0.1, 0.15) is 40.0 Å². The molecule has 0 saturated heterocycles. The van der Waals surface area contributed by atoms with Crippen LogP contribution < -0.4 is 0 Å². The number of hydrogen-bond donors (Lipinski definition) is 0. The Balaban J connectivity index is 2.24. The van der Waals surface area contributed by atoms with E-state index in [1.807, 2.05) is 0 Å². The first-order chi connectivity index (χ1) is 5.89. The quantitative estimate of drug-likeness (QED) is 0.569. The van der Waals surface area contributed by atoms with Crippen molar-refractivity contribution in [3.8, 4) is 0 Å². The highest BCUT2D eigenvalue weighted by Gasteiger charge is 2.64. The molecule has 0 aromatic heterocycles. The zero-order chi connectivity index (χ0) is 9.85. The summed E-state index contributed by atoms with van der Waals surface area (Å²) in [6.45, 7) is 7.53. The van der Waals surface area contributed by atoms with Gasteiger partial charge in [-0.25, -0.2) is 0 Å². The van der Waals surface area contributed by atoms with Crippen molar-refractivity contribution >= 4 is 10.9 Å². The zero-order valence-corrected chi connectivity index (χ0v) is 10.5. The smallest absolute Gasteiger partial charge is 0.0592 e. The summed E-state index contributed by atoms with van der Waals surface area (Å²) in [4.78, 5) is 0. The van der Waals surface area contributed by atoms with Gasteiger partial charge < -0.3 is 0 Å². The van der Waals surface area contributed by atoms with Crippen LogP contribution in [-0.2, 0) is 10.9 Å². The molecule has 76 valence electrons. The molecule has 13 heavy (non-hydrogen) atoms. The molecule has 0 N–H and O–H groups in total. The predicted molar refractivity (Wildman–Crippen MR) is 62.2 cm³/mol. The maximum atomic E-state index is 2.54. The second kappa shape index (κ2) is 2.68. The molecule has 3 unspecified atom stereocenters. The molecule has 0 aromatic rings. The third-order valence-corrected chi connectivity index (χ3v) is 7.48. The van der Waals surface area contributed by atoms with E-state index < -0.39 is 0 Å². The van der Waals surface area contributed by atoms with Gasteiger partial charge in [0.1, 0.15) is 4.75 Å². The SMILES string of the molecule is C[S+](C)C1(C)CCC2CC1C2(C)C. The molecule has 0 amide bonds. The van der Waals surface area contributed by atoms with Crippen LogP contribution in [0.5, 0.6) is 0 Å². The molecule has 0 heterocycles. The maximum Gasteiger partial charge on any atom is 0.128 e. The van der Waals surface area contributed by atoms with Gasteiger partial charge in [0.15, 0.2) is 0 Å². The Morgan fingerprint density at radius 1 is 1.15 bits per heavy atom. The van der Waals surface area contributed by atoms with Crippen LogP contribution in [0.4, 0.5) is 0 Å². The molecule has 0 aliphatic heterocycles. The Morgan fingerprint density at radius 3 is 2.08 bits per heavy atom. The molecular weight excluding hydrogens is 176 g/mol. The minimum atomic E-state index is 0.594. The van der Waals surface area contributed by atoms with Crippen LogP contribution in [0.2, 0.25) is 0 Å². The van der Waals surface area contributed by atoms with Crippen molar-refractivity contribution < 1.29 is 0 Å². The maximum absolute atomic E-state index is 2.54. The third-order valence-electron chi connectivity index (χ3n) is 5.13. The zero-order valence-electron chi connectivity index (χ0n) is 9.68. The summed E-state index contributed by atoms with van der Waals surface area (Å²) in [5, 5.41) is 0. The summed E-state index contributed by atoms with van der Waals surface area (Å²) < 4.78 is 0.665. The summed E-state index contributed by atoms with van der Waals surface area (Å²) in [7, 11) is 0.594. The summed E-state index contributed by atoms with van der Waals surface area (Å²) in [5.41, 5.74) is 0.657. The molecule has 3 atom stereocenters. The van der Waals surface area contributed by atoms with Crippen molar-refractivity contribution in [1.29, 1.82) is 0 Å². The Hall–Kier alpha value is 0.350. The lowest BCUT2D eigenvalue weighted by Crippen LogP contribution is -2.62. The van der Waals surface area contributed by atoms with E-state index in [4.69, 9.17) is 0 Å². The topological polar surface area (TPSA) is 0 Å². The number of fused-ring (bicyclic) bond motifs is 2. The van der Waals surface area contributed by atoms with Gasteiger partial charge in [0, 0.05) is 5.92 Å². The first-order valence-electron chi connectivity index (χ1n) is 5.46. The highest BCUT2D eigenvalue weighted by atomic mass is 32.2. The van der Waals surface area contributed by atoms with Gasteiger partial charge in [0.2, 0.25) is 0 Å². The van der Waals surface area contributed by atoms with E-state index in [0.717, 1.165) is 11.8 Å². The predicted octanol–water partition coefficient (Wildman–Crippen LogP) is 3.08. The number of rotatable bonds is 1. The molecule has 1 heteroatoms. The van der Waals surface area contributed by atoms with Gasteiger partial charge in [-0.1, -0.05) is 13.8 Å². The summed E-state index contributed by atoms with van der Waals surface area (Å²) in [5.74, 6) is 2.06. The largest absolute Gasteiger partial charge is 0.128 e. The first-order valence-corrected chi connectivity index (χ1v) is 7.51. The highest BCUT2D eigenvalue weighted by Crippen LogP contribution is 2.64. The fraction of sp³-hybridized carbons (Fsp3) is 1.00. The Morgan fingerprint density at radius 2 is 1.77 bits per heavy atom. The van der Waals surface area contributed by atoms with Crippen molar-refractivity contribution in [2.75, 3.05) is 12.5 Å². The van der Waals surface area contributed by atoms with E-state index in [2.05, 4.69) is 33.3 Å². The monoisotopic (exact) mass is 199 g/mol. The lowest BCUT2D eigenvalue weighted by molar-refractivity contribution is -0.0859. The lowest BCUT2D eigenvalue weighted by atomic mass is 9.45. The van der Waals surface area contributed by atoms with Gasteiger partial charge >= 0.3 is 0 Å². The standard InChI is InChI=1S/C12H23S/c1-11(2)9-6-7-12(3,13(4)5)10(11)8-9/h9-10H,6-8H2,1-5H3/q+1.